The maximum Gasteiger partial charge on any atom is 0.416 e. The summed E-state index contributed by atoms with van der Waals surface area (Å²) in [7, 11) is 0. The summed E-state index contributed by atoms with van der Waals surface area (Å²) < 4.78 is 35.9. The molecule has 0 saturated heterocycles. The molecule has 0 bridgehead atoms. The van der Waals surface area contributed by atoms with Crippen LogP contribution in [0.1, 0.15) is 22.5 Å². The van der Waals surface area contributed by atoms with Gasteiger partial charge in [-0.3, -0.25) is 9.59 Å². The number of thiophene rings is 1. The molecule has 1 rings (SSSR count). The molecule has 1 heterocycles. The van der Waals surface area contributed by atoms with E-state index in [4.69, 9.17) is 5.11 Å². The second kappa shape index (κ2) is 7.99. The zero-order valence-corrected chi connectivity index (χ0v) is 11.8. The molecule has 0 fully saturated rings. The predicted octanol–water partition coefficient (Wildman–Crippen LogP) is 1.30. The normalized spacial score (nSPS) is 12.8. The number of rotatable bonds is 7. The SMILES string of the molecule is O=C(CCCNC(=O)c1cccs1)NCC(O)C(F)(F)F. The molecular formula is C12H15F3N2O3S. The third kappa shape index (κ3) is 6.58. The average Bonchev–Trinajstić information content (AvgIpc) is 2.93. The van der Waals surface area contributed by atoms with Crippen molar-refractivity contribution in [1.82, 2.24) is 10.6 Å². The van der Waals surface area contributed by atoms with Gasteiger partial charge in [0.15, 0.2) is 6.10 Å². The first-order valence-electron chi connectivity index (χ1n) is 6.14. The van der Waals surface area contributed by atoms with Crippen LogP contribution >= 0.6 is 11.3 Å². The van der Waals surface area contributed by atoms with Gasteiger partial charge in [-0.2, -0.15) is 13.2 Å². The number of hydrogen-bond acceptors (Lipinski definition) is 4. The summed E-state index contributed by atoms with van der Waals surface area (Å²) in [6.45, 7) is -0.629. The van der Waals surface area contributed by atoms with E-state index in [1.165, 1.54) is 11.3 Å². The molecule has 1 aromatic rings. The van der Waals surface area contributed by atoms with Crippen LogP contribution in [0, 0.1) is 0 Å². The first-order chi connectivity index (χ1) is 9.80. The highest BCUT2D eigenvalue weighted by atomic mass is 32.1. The maximum atomic E-state index is 12.0. The minimum Gasteiger partial charge on any atom is -0.382 e. The van der Waals surface area contributed by atoms with Crippen LogP contribution in [0.25, 0.3) is 0 Å². The van der Waals surface area contributed by atoms with Crippen molar-refractivity contribution in [2.75, 3.05) is 13.1 Å². The number of nitrogens with one attached hydrogen (secondary N) is 2. The third-order valence-corrected chi connectivity index (χ3v) is 3.35. The largest absolute Gasteiger partial charge is 0.416 e. The number of amides is 2. The predicted molar refractivity (Wildman–Crippen MR) is 71.0 cm³/mol. The molecule has 1 aromatic heterocycles. The van der Waals surface area contributed by atoms with Crippen LogP contribution in [0.2, 0.25) is 0 Å². The van der Waals surface area contributed by atoms with E-state index in [2.05, 4.69) is 5.32 Å². The van der Waals surface area contributed by atoms with Crippen molar-refractivity contribution < 1.29 is 27.9 Å². The molecule has 0 spiro atoms. The van der Waals surface area contributed by atoms with Crippen molar-refractivity contribution >= 4 is 23.2 Å². The molecule has 0 aliphatic carbocycles. The van der Waals surface area contributed by atoms with Gasteiger partial charge in [-0.1, -0.05) is 6.07 Å². The fraction of sp³-hybridized carbons (Fsp3) is 0.500. The molecule has 2 amide bonds. The standard InChI is InChI=1S/C12H15F3N2O3S/c13-12(14,15)9(18)7-17-10(19)4-1-5-16-11(20)8-3-2-6-21-8/h2-3,6,9,18H,1,4-5,7H2,(H,16,20)(H,17,19). The van der Waals surface area contributed by atoms with Crippen molar-refractivity contribution in [3.63, 3.8) is 0 Å². The Kier molecular flexibility index (Phi) is 6.63. The van der Waals surface area contributed by atoms with E-state index < -0.39 is 24.7 Å². The van der Waals surface area contributed by atoms with E-state index in [1.54, 1.807) is 17.5 Å². The van der Waals surface area contributed by atoms with Crippen molar-refractivity contribution in [3.8, 4) is 0 Å². The van der Waals surface area contributed by atoms with E-state index in [-0.39, 0.29) is 18.9 Å². The number of hydrogen-bond donors (Lipinski definition) is 3. The second-order valence-electron chi connectivity index (χ2n) is 4.20. The van der Waals surface area contributed by atoms with E-state index >= 15 is 0 Å². The lowest BCUT2D eigenvalue weighted by Gasteiger charge is -2.14. The number of halogens is 3. The molecule has 118 valence electrons. The Labute approximate surface area is 123 Å². The van der Waals surface area contributed by atoms with Gasteiger partial charge < -0.3 is 15.7 Å². The van der Waals surface area contributed by atoms with Crippen LogP contribution in [0.5, 0.6) is 0 Å². The molecule has 0 aliphatic rings. The molecule has 1 atom stereocenters. The molecule has 21 heavy (non-hydrogen) atoms. The first-order valence-corrected chi connectivity index (χ1v) is 7.02. The molecule has 5 nitrogen and oxygen atoms in total. The zero-order valence-electron chi connectivity index (χ0n) is 10.9. The fourth-order valence-electron chi connectivity index (χ4n) is 1.36. The van der Waals surface area contributed by atoms with E-state index in [0.29, 0.717) is 11.3 Å². The molecule has 0 radical (unpaired) electrons. The van der Waals surface area contributed by atoms with Crippen LogP contribution in [0.4, 0.5) is 13.2 Å². The molecule has 0 aliphatic heterocycles. The van der Waals surface area contributed by atoms with Crippen LogP contribution < -0.4 is 10.6 Å². The zero-order chi connectivity index (χ0) is 15.9. The quantitative estimate of drug-likeness (QED) is 0.662. The van der Waals surface area contributed by atoms with Crippen LogP contribution in [0.15, 0.2) is 17.5 Å². The summed E-state index contributed by atoms with van der Waals surface area (Å²) in [5, 5.41) is 15.0. The number of aliphatic hydroxyl groups excluding tert-OH is 1. The van der Waals surface area contributed by atoms with Crippen molar-refractivity contribution in [3.05, 3.63) is 22.4 Å². The Balaban J connectivity index is 2.12. The summed E-state index contributed by atoms with van der Waals surface area (Å²) in [4.78, 5) is 23.3. The first kappa shape index (κ1) is 17.4. The molecular weight excluding hydrogens is 309 g/mol. The summed E-state index contributed by atoms with van der Waals surface area (Å²) in [6.07, 6.45) is -7.05. The Morgan fingerprint density at radius 1 is 1.33 bits per heavy atom. The summed E-state index contributed by atoms with van der Waals surface area (Å²) >= 11 is 1.28. The van der Waals surface area contributed by atoms with Crippen molar-refractivity contribution in [1.29, 1.82) is 0 Å². The monoisotopic (exact) mass is 324 g/mol. The number of carbonyl (C=O) groups excluding carboxylic acids is 2. The van der Waals surface area contributed by atoms with Gasteiger partial charge in [0, 0.05) is 13.0 Å². The Morgan fingerprint density at radius 3 is 2.62 bits per heavy atom. The van der Waals surface area contributed by atoms with Gasteiger partial charge in [-0.05, 0) is 17.9 Å². The van der Waals surface area contributed by atoms with E-state index in [9.17, 15) is 22.8 Å². The molecule has 1 unspecified atom stereocenters. The summed E-state index contributed by atoms with van der Waals surface area (Å²) in [6, 6.07) is 3.39. The van der Waals surface area contributed by atoms with Gasteiger partial charge in [-0.15, -0.1) is 11.3 Å². The maximum absolute atomic E-state index is 12.0. The third-order valence-electron chi connectivity index (χ3n) is 2.48. The van der Waals surface area contributed by atoms with Gasteiger partial charge in [0.25, 0.3) is 5.91 Å². The lowest BCUT2D eigenvalue weighted by atomic mass is 10.2. The minimum atomic E-state index is -4.75. The minimum absolute atomic E-state index is 0.0324. The van der Waals surface area contributed by atoms with Crippen molar-refractivity contribution in [2.45, 2.75) is 25.1 Å². The topological polar surface area (TPSA) is 78.4 Å². The lowest BCUT2D eigenvalue weighted by molar-refractivity contribution is -0.201. The Hall–Kier alpha value is -1.61. The van der Waals surface area contributed by atoms with Gasteiger partial charge in [0.1, 0.15) is 0 Å². The van der Waals surface area contributed by atoms with Gasteiger partial charge in [-0.25, -0.2) is 0 Å². The lowest BCUT2D eigenvalue weighted by Crippen LogP contribution is -2.40. The van der Waals surface area contributed by atoms with Crippen molar-refractivity contribution in [2.24, 2.45) is 0 Å². The number of carbonyl (C=O) groups is 2. The average molecular weight is 324 g/mol. The Morgan fingerprint density at radius 2 is 2.05 bits per heavy atom. The highest BCUT2D eigenvalue weighted by Gasteiger charge is 2.38. The molecule has 0 saturated carbocycles. The number of aliphatic hydroxyl groups is 1. The highest BCUT2D eigenvalue weighted by molar-refractivity contribution is 7.12. The van der Waals surface area contributed by atoms with Crippen LogP contribution in [-0.2, 0) is 4.79 Å². The smallest absolute Gasteiger partial charge is 0.382 e. The van der Waals surface area contributed by atoms with E-state index in [1.807, 2.05) is 5.32 Å². The molecule has 9 heteroatoms. The molecule has 0 aromatic carbocycles. The second-order valence-corrected chi connectivity index (χ2v) is 5.15. The van der Waals surface area contributed by atoms with Crippen LogP contribution in [0.3, 0.4) is 0 Å². The summed E-state index contributed by atoms with van der Waals surface area (Å²) in [5.74, 6) is -0.860. The number of alkyl halides is 3. The molecule has 3 N–H and O–H groups in total. The van der Waals surface area contributed by atoms with Gasteiger partial charge in [0.2, 0.25) is 5.91 Å². The van der Waals surface area contributed by atoms with Crippen LogP contribution in [-0.4, -0.2) is 42.3 Å². The Bertz CT molecular complexity index is 463. The van der Waals surface area contributed by atoms with Gasteiger partial charge >= 0.3 is 6.18 Å². The summed E-state index contributed by atoms with van der Waals surface area (Å²) in [5.41, 5.74) is 0. The highest BCUT2D eigenvalue weighted by Crippen LogP contribution is 2.19. The fourth-order valence-corrected chi connectivity index (χ4v) is 2.00. The van der Waals surface area contributed by atoms with E-state index in [0.717, 1.165) is 0 Å². The van der Waals surface area contributed by atoms with Gasteiger partial charge in [0.05, 0.1) is 11.4 Å².